The van der Waals surface area contributed by atoms with Crippen molar-refractivity contribution in [2.24, 2.45) is 5.41 Å². The van der Waals surface area contributed by atoms with E-state index < -0.39 is 29.3 Å². The maximum atomic E-state index is 13.6. The predicted octanol–water partition coefficient (Wildman–Crippen LogP) is 3.20. The fourth-order valence-corrected chi connectivity index (χ4v) is 7.27. The van der Waals surface area contributed by atoms with Gasteiger partial charge in [-0.2, -0.15) is 0 Å². The molecule has 3 aromatic rings. The standard InChI is InChI=1S/C42H52N6O7/c49-33-17-13-31(14-18-33)24-35(47-36(50)25-29-9-3-1-4-10-29)41(55)46-32-15-11-30(12-16-32)23-34-40(54)45-28-39(53)44-22-8-2-7-21-43-37(51)26-42(19-5-6-20-42)27-38(52)48-34/h1,3-4,9-18,34-35,49H,2,5-8,19-28H2,(H,43,51)(H,44,53)(H,45,54)(H,46,55)(H,47,50)(H,48,52)/t34-,35+/m1/s1. The molecular weight excluding hydrogens is 700 g/mol. The van der Waals surface area contributed by atoms with Crippen LogP contribution in [0.3, 0.4) is 0 Å². The molecule has 1 spiro atoms. The molecule has 55 heavy (non-hydrogen) atoms. The summed E-state index contributed by atoms with van der Waals surface area (Å²) >= 11 is 0. The Morgan fingerprint density at radius 3 is 2.04 bits per heavy atom. The molecule has 0 unspecified atom stereocenters. The number of benzene rings is 3. The third kappa shape index (κ3) is 13.3. The number of amides is 6. The smallest absolute Gasteiger partial charge is 0.247 e. The van der Waals surface area contributed by atoms with Crippen molar-refractivity contribution >= 4 is 41.1 Å². The number of nitrogens with one attached hydrogen (secondary N) is 6. The van der Waals surface area contributed by atoms with E-state index in [4.69, 9.17) is 0 Å². The molecule has 1 heterocycles. The van der Waals surface area contributed by atoms with Gasteiger partial charge in [-0.25, -0.2) is 0 Å². The van der Waals surface area contributed by atoms with Crippen LogP contribution in [0.25, 0.3) is 0 Å². The van der Waals surface area contributed by atoms with Crippen LogP contribution in [0.2, 0.25) is 0 Å². The highest BCUT2D eigenvalue weighted by Crippen LogP contribution is 2.44. The molecule has 0 radical (unpaired) electrons. The van der Waals surface area contributed by atoms with Gasteiger partial charge in [-0.3, -0.25) is 28.8 Å². The summed E-state index contributed by atoms with van der Waals surface area (Å²) in [5, 5.41) is 26.8. The minimum absolute atomic E-state index is 0.0770. The lowest BCUT2D eigenvalue weighted by molar-refractivity contribution is -0.132. The van der Waals surface area contributed by atoms with Crippen molar-refractivity contribution in [3.05, 3.63) is 95.6 Å². The number of aromatic hydroxyl groups is 1. The Morgan fingerprint density at radius 1 is 0.709 bits per heavy atom. The molecule has 292 valence electrons. The van der Waals surface area contributed by atoms with Crippen LogP contribution in [0.15, 0.2) is 78.9 Å². The first-order valence-corrected chi connectivity index (χ1v) is 19.2. The quantitative estimate of drug-likeness (QED) is 0.174. The van der Waals surface area contributed by atoms with E-state index in [0.717, 1.165) is 56.1 Å². The fraction of sp³-hybridized carbons (Fsp3) is 0.429. The number of hydrogen-bond donors (Lipinski definition) is 7. The van der Waals surface area contributed by atoms with Crippen molar-refractivity contribution in [1.29, 1.82) is 0 Å². The lowest BCUT2D eigenvalue weighted by atomic mass is 9.78. The van der Waals surface area contributed by atoms with Gasteiger partial charge in [-0.15, -0.1) is 0 Å². The first-order valence-electron chi connectivity index (χ1n) is 19.2. The van der Waals surface area contributed by atoms with Crippen molar-refractivity contribution < 1.29 is 33.9 Å². The van der Waals surface area contributed by atoms with Crippen LogP contribution in [-0.2, 0) is 48.0 Å². The first-order chi connectivity index (χ1) is 26.6. The van der Waals surface area contributed by atoms with Gasteiger partial charge in [0.1, 0.15) is 17.8 Å². The molecule has 7 N–H and O–H groups in total. The van der Waals surface area contributed by atoms with Crippen molar-refractivity contribution in [2.45, 2.75) is 89.1 Å². The monoisotopic (exact) mass is 752 g/mol. The van der Waals surface area contributed by atoms with Crippen LogP contribution in [0.4, 0.5) is 5.69 Å². The Labute approximate surface area is 321 Å². The average molecular weight is 753 g/mol. The van der Waals surface area contributed by atoms with Gasteiger partial charge in [-0.05, 0) is 78.5 Å². The van der Waals surface area contributed by atoms with Crippen LogP contribution in [-0.4, -0.2) is 72.3 Å². The highest BCUT2D eigenvalue weighted by atomic mass is 16.3. The zero-order valence-electron chi connectivity index (χ0n) is 31.2. The van der Waals surface area contributed by atoms with Crippen LogP contribution in [0.5, 0.6) is 5.75 Å². The predicted molar refractivity (Wildman–Crippen MR) is 208 cm³/mol. The van der Waals surface area contributed by atoms with Crippen LogP contribution in [0.1, 0.15) is 74.5 Å². The Hall–Kier alpha value is -5.72. The van der Waals surface area contributed by atoms with Crippen molar-refractivity contribution in [2.75, 3.05) is 25.0 Å². The summed E-state index contributed by atoms with van der Waals surface area (Å²) in [5.74, 6) is -1.93. The van der Waals surface area contributed by atoms with E-state index in [9.17, 15) is 33.9 Å². The molecule has 13 nitrogen and oxygen atoms in total. The Balaban J connectivity index is 1.26. The molecule has 1 aliphatic carbocycles. The Morgan fingerprint density at radius 2 is 1.35 bits per heavy atom. The SMILES string of the molecule is O=C1CNC(=O)[C@@H](Cc2ccc(NC(=O)[C@H](Cc3ccc(O)cc3)NC(=O)Cc3ccccc3)cc2)NC(=O)CC2(CCCC2)CC(=O)NCCCCCN1. The second-order valence-electron chi connectivity index (χ2n) is 14.7. The van der Waals surface area contributed by atoms with E-state index in [-0.39, 0.29) is 68.0 Å². The third-order valence-electron chi connectivity index (χ3n) is 10.2. The van der Waals surface area contributed by atoms with Gasteiger partial charge in [0.25, 0.3) is 0 Å². The van der Waals surface area contributed by atoms with Gasteiger partial charge < -0.3 is 37.0 Å². The van der Waals surface area contributed by atoms with Crippen molar-refractivity contribution in [1.82, 2.24) is 26.6 Å². The maximum absolute atomic E-state index is 13.6. The summed E-state index contributed by atoms with van der Waals surface area (Å²) in [7, 11) is 0. The molecule has 2 aliphatic rings. The van der Waals surface area contributed by atoms with Gasteiger partial charge in [0, 0.05) is 44.5 Å². The van der Waals surface area contributed by atoms with Gasteiger partial charge in [0.15, 0.2) is 0 Å². The molecule has 2 fully saturated rings. The average Bonchev–Trinajstić information content (AvgIpc) is 3.61. The highest BCUT2D eigenvalue weighted by molar-refractivity contribution is 5.97. The molecule has 13 heteroatoms. The largest absolute Gasteiger partial charge is 0.508 e. The number of phenolic OH excluding ortho intramolecular Hbond substituents is 1. The summed E-state index contributed by atoms with van der Waals surface area (Å²) in [4.78, 5) is 78.9. The third-order valence-corrected chi connectivity index (χ3v) is 10.2. The van der Waals surface area contributed by atoms with Crippen LogP contribution < -0.4 is 31.9 Å². The zero-order valence-corrected chi connectivity index (χ0v) is 31.2. The summed E-state index contributed by atoms with van der Waals surface area (Å²) < 4.78 is 0. The fourth-order valence-electron chi connectivity index (χ4n) is 7.27. The van der Waals surface area contributed by atoms with E-state index in [0.29, 0.717) is 24.3 Å². The first kappa shape index (κ1) is 40.5. The zero-order chi connectivity index (χ0) is 39.0. The second-order valence-corrected chi connectivity index (χ2v) is 14.7. The number of carbonyl (C=O) groups is 6. The van der Waals surface area contributed by atoms with Gasteiger partial charge in [-0.1, -0.05) is 67.4 Å². The molecule has 1 aliphatic heterocycles. The van der Waals surface area contributed by atoms with Gasteiger partial charge in [0.2, 0.25) is 35.4 Å². The highest BCUT2D eigenvalue weighted by Gasteiger charge is 2.38. The van der Waals surface area contributed by atoms with E-state index in [1.54, 1.807) is 36.4 Å². The van der Waals surface area contributed by atoms with Crippen LogP contribution in [0, 0.1) is 5.41 Å². The molecule has 5 rings (SSSR count). The molecule has 6 amide bonds. The number of phenols is 1. The summed E-state index contributed by atoms with van der Waals surface area (Å²) in [6.45, 7) is 0.761. The van der Waals surface area contributed by atoms with Crippen LogP contribution >= 0.6 is 0 Å². The summed E-state index contributed by atoms with van der Waals surface area (Å²) in [5.41, 5.74) is 2.23. The normalized spacial score (nSPS) is 19.1. The Kier molecular flexibility index (Phi) is 14.8. The minimum Gasteiger partial charge on any atom is -0.508 e. The van der Waals surface area contributed by atoms with Gasteiger partial charge in [0.05, 0.1) is 13.0 Å². The van der Waals surface area contributed by atoms with E-state index in [1.807, 2.05) is 30.3 Å². The van der Waals surface area contributed by atoms with Crippen molar-refractivity contribution in [3.8, 4) is 5.75 Å². The molecule has 0 bridgehead atoms. The van der Waals surface area contributed by atoms with Gasteiger partial charge >= 0.3 is 0 Å². The molecule has 1 saturated carbocycles. The summed E-state index contributed by atoms with van der Waals surface area (Å²) in [6, 6.07) is 20.5. The number of carbonyl (C=O) groups excluding carboxylic acids is 6. The number of hydrogen-bond acceptors (Lipinski definition) is 7. The minimum atomic E-state index is -0.999. The lowest BCUT2D eigenvalue weighted by Crippen LogP contribution is -2.51. The lowest BCUT2D eigenvalue weighted by Gasteiger charge is -2.29. The molecule has 2 atom stereocenters. The number of rotatable bonds is 9. The van der Waals surface area contributed by atoms with E-state index >= 15 is 0 Å². The number of anilines is 1. The van der Waals surface area contributed by atoms with E-state index in [1.165, 1.54) is 12.1 Å². The molecular formula is C42H52N6O7. The molecule has 1 saturated heterocycles. The van der Waals surface area contributed by atoms with Crippen molar-refractivity contribution in [3.63, 3.8) is 0 Å². The summed E-state index contributed by atoms with van der Waals surface area (Å²) in [6.07, 6.45) is 6.50. The topological polar surface area (TPSA) is 195 Å². The Bertz CT molecular complexity index is 1780. The molecule has 3 aromatic carbocycles. The molecule has 0 aromatic heterocycles. The second kappa shape index (κ2) is 20.1. The van der Waals surface area contributed by atoms with E-state index in [2.05, 4.69) is 31.9 Å². The maximum Gasteiger partial charge on any atom is 0.247 e.